The van der Waals surface area contributed by atoms with E-state index in [1.165, 1.54) is 0 Å². The fraction of sp³-hybridized carbons (Fsp3) is 0.111. The second kappa shape index (κ2) is 7.71. The quantitative estimate of drug-likeness (QED) is 0.393. The molecule has 154 valence electrons. The largest absolute Gasteiger partial charge is 0.265 e. The van der Waals surface area contributed by atoms with Gasteiger partial charge in [0.25, 0.3) is 10.0 Å². The zero-order valence-electron chi connectivity index (χ0n) is 17.3. The molecule has 4 aromatic rings. The predicted octanol–water partition coefficient (Wildman–Crippen LogP) is 6.18. The van der Waals surface area contributed by atoms with Crippen molar-refractivity contribution in [3.8, 4) is 0 Å². The molecule has 0 N–H and O–H groups in total. The number of anilines is 1. The number of hydrogen-bond donors (Lipinski definition) is 0. The lowest BCUT2D eigenvalue weighted by Gasteiger charge is -2.26. The van der Waals surface area contributed by atoms with Crippen molar-refractivity contribution >= 4 is 32.1 Å². The molecule has 5 rings (SSSR count). The molecular formula is C27H23NO2S. The highest BCUT2D eigenvalue weighted by molar-refractivity contribution is 7.92. The summed E-state index contributed by atoms with van der Waals surface area (Å²) in [4.78, 5) is 0.320. The van der Waals surface area contributed by atoms with Gasteiger partial charge in [-0.15, -0.1) is 0 Å². The second-order valence-corrected chi connectivity index (χ2v) is 9.74. The summed E-state index contributed by atoms with van der Waals surface area (Å²) in [5.41, 5.74) is 4.87. The molecule has 1 aliphatic heterocycles. The molecule has 0 unspecified atom stereocenters. The maximum atomic E-state index is 13.7. The van der Waals surface area contributed by atoms with E-state index in [1.807, 2.05) is 61.5 Å². The van der Waals surface area contributed by atoms with Gasteiger partial charge < -0.3 is 0 Å². The molecule has 0 amide bonds. The Labute approximate surface area is 183 Å². The lowest BCUT2D eigenvalue weighted by atomic mass is 9.94. The van der Waals surface area contributed by atoms with Crippen LogP contribution in [0.15, 0.2) is 102 Å². The monoisotopic (exact) mass is 425 g/mol. The fourth-order valence-electron chi connectivity index (χ4n) is 4.19. The smallest absolute Gasteiger partial charge is 0.264 e. The minimum Gasteiger partial charge on any atom is -0.265 e. The average Bonchev–Trinajstić information content (AvgIpc) is 2.98. The van der Waals surface area contributed by atoms with E-state index < -0.39 is 10.0 Å². The first-order valence-electron chi connectivity index (χ1n) is 10.4. The second-order valence-electron chi connectivity index (χ2n) is 7.88. The molecule has 1 heterocycles. The topological polar surface area (TPSA) is 37.4 Å². The molecule has 0 aliphatic carbocycles. The van der Waals surface area contributed by atoms with E-state index in [0.717, 1.165) is 38.7 Å². The Morgan fingerprint density at radius 2 is 1.42 bits per heavy atom. The molecule has 31 heavy (non-hydrogen) atoms. The highest BCUT2D eigenvalue weighted by atomic mass is 32.2. The van der Waals surface area contributed by atoms with Gasteiger partial charge in [-0.2, -0.15) is 0 Å². The van der Waals surface area contributed by atoms with Crippen molar-refractivity contribution < 1.29 is 8.42 Å². The summed E-state index contributed by atoms with van der Waals surface area (Å²) in [5, 5.41) is 2.12. The van der Waals surface area contributed by atoms with E-state index in [-0.39, 0.29) is 0 Å². The van der Waals surface area contributed by atoms with Gasteiger partial charge in [0.05, 0.1) is 10.6 Å². The fourth-order valence-corrected chi connectivity index (χ4v) is 5.68. The third kappa shape index (κ3) is 3.53. The Hall–Kier alpha value is -3.37. The van der Waals surface area contributed by atoms with Crippen LogP contribution < -0.4 is 4.31 Å². The van der Waals surface area contributed by atoms with Crippen molar-refractivity contribution in [2.24, 2.45) is 0 Å². The van der Waals surface area contributed by atoms with Crippen LogP contribution >= 0.6 is 0 Å². The van der Waals surface area contributed by atoms with E-state index in [9.17, 15) is 8.42 Å². The van der Waals surface area contributed by atoms with Crippen LogP contribution in [0.1, 0.15) is 23.1 Å². The maximum Gasteiger partial charge on any atom is 0.264 e. The first-order chi connectivity index (χ1) is 15.0. The van der Waals surface area contributed by atoms with Crippen molar-refractivity contribution in [2.45, 2.75) is 18.2 Å². The molecule has 0 bridgehead atoms. The van der Waals surface area contributed by atoms with E-state index in [2.05, 4.69) is 30.3 Å². The predicted molar refractivity (Wildman–Crippen MR) is 128 cm³/mol. The van der Waals surface area contributed by atoms with Crippen molar-refractivity contribution in [3.63, 3.8) is 0 Å². The summed E-state index contributed by atoms with van der Waals surface area (Å²) >= 11 is 0. The first kappa shape index (κ1) is 19.6. The minimum absolute atomic E-state index is 0.320. The number of hydrogen-bond acceptors (Lipinski definition) is 2. The summed E-state index contributed by atoms with van der Waals surface area (Å²) in [5.74, 6) is 0. The number of benzene rings is 4. The Morgan fingerprint density at radius 3 is 2.13 bits per heavy atom. The SMILES string of the molecule is Cc1ccc(S(=O)(=O)N2CCC=C(c3ccccc3)c3cc4ccccc4cc32)cc1. The normalized spacial score (nSPS) is 14.1. The van der Waals surface area contributed by atoms with Gasteiger partial charge in [0.1, 0.15) is 0 Å². The number of fused-ring (bicyclic) bond motifs is 2. The van der Waals surface area contributed by atoms with Crippen LogP contribution in [0.25, 0.3) is 16.3 Å². The first-order valence-corrected chi connectivity index (χ1v) is 11.9. The van der Waals surface area contributed by atoms with Crippen LogP contribution in [-0.4, -0.2) is 15.0 Å². The number of rotatable bonds is 3. The van der Waals surface area contributed by atoms with Gasteiger partial charge >= 0.3 is 0 Å². The highest BCUT2D eigenvalue weighted by Crippen LogP contribution is 2.39. The van der Waals surface area contributed by atoms with Gasteiger partial charge in [-0.1, -0.05) is 78.4 Å². The van der Waals surface area contributed by atoms with E-state index in [0.29, 0.717) is 17.9 Å². The highest BCUT2D eigenvalue weighted by Gasteiger charge is 2.29. The average molecular weight is 426 g/mol. The summed E-state index contributed by atoms with van der Waals surface area (Å²) in [6, 6.07) is 29.5. The molecule has 3 nitrogen and oxygen atoms in total. The summed E-state index contributed by atoms with van der Waals surface area (Å²) in [6.07, 6.45) is 2.80. The third-order valence-electron chi connectivity index (χ3n) is 5.80. The van der Waals surface area contributed by atoms with Gasteiger partial charge in [-0.05, 0) is 59.5 Å². The van der Waals surface area contributed by atoms with Gasteiger partial charge in [0.2, 0.25) is 0 Å². The van der Waals surface area contributed by atoms with Gasteiger partial charge in [-0.3, -0.25) is 4.31 Å². The molecule has 4 heteroatoms. The van der Waals surface area contributed by atoms with E-state index in [1.54, 1.807) is 16.4 Å². The van der Waals surface area contributed by atoms with E-state index in [4.69, 9.17) is 0 Å². The summed E-state index contributed by atoms with van der Waals surface area (Å²) in [6.45, 7) is 2.36. The Morgan fingerprint density at radius 1 is 0.774 bits per heavy atom. The zero-order chi connectivity index (χ0) is 21.4. The lowest BCUT2D eigenvalue weighted by molar-refractivity contribution is 0.591. The summed E-state index contributed by atoms with van der Waals surface area (Å²) in [7, 11) is -3.69. The third-order valence-corrected chi connectivity index (χ3v) is 7.62. The number of sulfonamides is 1. The van der Waals surface area contributed by atoms with Crippen LogP contribution in [0.3, 0.4) is 0 Å². The Balaban J connectivity index is 1.74. The molecule has 0 saturated carbocycles. The van der Waals surface area contributed by atoms with Crippen molar-refractivity contribution in [1.29, 1.82) is 0 Å². The Kier molecular flexibility index (Phi) is 4.87. The molecule has 0 aromatic heterocycles. The van der Waals surface area contributed by atoms with Crippen LogP contribution in [0.2, 0.25) is 0 Å². The number of nitrogens with zero attached hydrogens (tertiary/aromatic N) is 1. The molecule has 0 spiro atoms. The molecule has 0 atom stereocenters. The Bertz CT molecular complexity index is 1390. The lowest BCUT2D eigenvalue weighted by Crippen LogP contribution is -2.32. The molecule has 0 fully saturated rings. The summed E-state index contributed by atoms with van der Waals surface area (Å²) < 4.78 is 29.0. The standard InChI is InChI=1S/C27H23NO2S/c1-20-13-15-24(16-14-20)31(29,30)28-17-7-12-25(21-8-3-2-4-9-21)26-18-22-10-5-6-11-23(22)19-27(26)28/h2-6,8-16,18-19H,7,17H2,1H3. The van der Waals surface area contributed by atoms with Gasteiger partial charge in [0.15, 0.2) is 0 Å². The molecule has 0 saturated heterocycles. The van der Waals surface area contributed by atoms with Crippen LogP contribution in [-0.2, 0) is 10.0 Å². The van der Waals surface area contributed by atoms with Crippen LogP contribution in [0, 0.1) is 6.92 Å². The van der Waals surface area contributed by atoms with Gasteiger partial charge in [0, 0.05) is 12.1 Å². The maximum absolute atomic E-state index is 13.7. The zero-order valence-corrected chi connectivity index (χ0v) is 18.1. The molecular weight excluding hydrogens is 402 g/mol. The van der Waals surface area contributed by atoms with E-state index >= 15 is 0 Å². The molecule has 4 aromatic carbocycles. The number of aryl methyl sites for hydroxylation is 1. The molecule has 1 aliphatic rings. The van der Waals surface area contributed by atoms with Crippen LogP contribution in [0.4, 0.5) is 5.69 Å². The molecule has 0 radical (unpaired) electrons. The van der Waals surface area contributed by atoms with Crippen LogP contribution in [0.5, 0.6) is 0 Å². The van der Waals surface area contributed by atoms with Gasteiger partial charge in [-0.25, -0.2) is 8.42 Å². The minimum atomic E-state index is -3.69. The van der Waals surface area contributed by atoms with Crippen molar-refractivity contribution in [1.82, 2.24) is 0 Å². The van der Waals surface area contributed by atoms with Crippen molar-refractivity contribution in [2.75, 3.05) is 10.8 Å². The van der Waals surface area contributed by atoms with Crippen molar-refractivity contribution in [3.05, 3.63) is 114 Å².